The van der Waals surface area contributed by atoms with Gasteiger partial charge in [-0.1, -0.05) is 16.9 Å². The summed E-state index contributed by atoms with van der Waals surface area (Å²) >= 11 is 1.34. The van der Waals surface area contributed by atoms with Gasteiger partial charge in [-0.3, -0.25) is 4.79 Å². The van der Waals surface area contributed by atoms with Crippen molar-refractivity contribution in [2.24, 2.45) is 0 Å². The fourth-order valence-corrected chi connectivity index (χ4v) is 3.35. The van der Waals surface area contributed by atoms with E-state index in [1.165, 1.54) is 11.8 Å². The zero-order valence-electron chi connectivity index (χ0n) is 16.1. The summed E-state index contributed by atoms with van der Waals surface area (Å²) in [5, 5.41) is 15.0. The van der Waals surface area contributed by atoms with Crippen molar-refractivity contribution in [3.05, 3.63) is 36.1 Å². The molecule has 3 rings (SSSR count). The third-order valence-electron chi connectivity index (χ3n) is 4.10. The van der Waals surface area contributed by atoms with E-state index in [2.05, 4.69) is 51.6 Å². The number of nitrogens with zero attached hydrogens (tertiary/aromatic N) is 4. The SMILES string of the molecule is CCN(CC)c1ccc(-c2nnc(SCCC(=O)Nc3cc(C)on3)o2)cc1. The number of thioether (sulfide) groups is 1. The Morgan fingerprint density at radius 3 is 2.57 bits per heavy atom. The first-order chi connectivity index (χ1) is 13.6. The molecule has 0 saturated carbocycles. The highest BCUT2D eigenvalue weighted by atomic mass is 32.2. The zero-order valence-corrected chi connectivity index (χ0v) is 17.0. The largest absolute Gasteiger partial charge is 0.411 e. The summed E-state index contributed by atoms with van der Waals surface area (Å²) in [4.78, 5) is 14.2. The van der Waals surface area contributed by atoms with Crippen molar-refractivity contribution in [3.8, 4) is 11.5 Å². The van der Waals surface area contributed by atoms with E-state index in [0.717, 1.165) is 24.3 Å². The number of amides is 1. The molecule has 148 valence electrons. The number of hydrogen-bond acceptors (Lipinski definition) is 8. The van der Waals surface area contributed by atoms with E-state index in [1.807, 2.05) is 12.1 Å². The molecule has 0 aliphatic carbocycles. The fraction of sp³-hybridized carbons (Fsp3) is 0.368. The second-order valence-corrected chi connectivity index (χ2v) is 7.11. The summed E-state index contributed by atoms with van der Waals surface area (Å²) in [6.45, 7) is 7.95. The lowest BCUT2D eigenvalue weighted by Crippen LogP contribution is -2.21. The minimum Gasteiger partial charge on any atom is -0.411 e. The summed E-state index contributed by atoms with van der Waals surface area (Å²) in [7, 11) is 0. The Kier molecular flexibility index (Phi) is 6.70. The lowest BCUT2D eigenvalue weighted by atomic mass is 10.2. The molecule has 8 nitrogen and oxygen atoms in total. The van der Waals surface area contributed by atoms with Crippen LogP contribution >= 0.6 is 11.8 Å². The van der Waals surface area contributed by atoms with E-state index in [0.29, 0.717) is 34.9 Å². The van der Waals surface area contributed by atoms with E-state index in [4.69, 9.17) is 8.94 Å². The molecule has 9 heteroatoms. The number of aromatic nitrogens is 3. The number of aryl methyl sites for hydroxylation is 1. The first-order valence-electron chi connectivity index (χ1n) is 9.14. The molecule has 1 aromatic carbocycles. The van der Waals surface area contributed by atoms with Crippen molar-refractivity contribution in [2.75, 3.05) is 29.1 Å². The molecule has 0 aliphatic heterocycles. The number of benzene rings is 1. The second-order valence-electron chi connectivity index (χ2n) is 6.06. The number of carbonyl (C=O) groups is 1. The van der Waals surface area contributed by atoms with Crippen LogP contribution in [0, 0.1) is 6.92 Å². The summed E-state index contributed by atoms with van der Waals surface area (Å²) in [6.07, 6.45) is 0.298. The lowest BCUT2D eigenvalue weighted by Gasteiger charge is -2.20. The van der Waals surface area contributed by atoms with Crippen LogP contribution in [0.25, 0.3) is 11.5 Å². The van der Waals surface area contributed by atoms with Crippen molar-refractivity contribution >= 4 is 29.2 Å². The monoisotopic (exact) mass is 401 g/mol. The molecule has 1 amide bonds. The van der Waals surface area contributed by atoms with E-state index in [9.17, 15) is 4.79 Å². The maximum absolute atomic E-state index is 11.9. The van der Waals surface area contributed by atoms with E-state index in [1.54, 1.807) is 13.0 Å². The maximum atomic E-state index is 11.9. The first kappa shape index (κ1) is 19.9. The quantitative estimate of drug-likeness (QED) is 0.537. The van der Waals surface area contributed by atoms with Crippen LogP contribution in [-0.4, -0.2) is 40.1 Å². The topological polar surface area (TPSA) is 97.3 Å². The van der Waals surface area contributed by atoms with Gasteiger partial charge >= 0.3 is 0 Å². The minimum absolute atomic E-state index is 0.146. The van der Waals surface area contributed by atoms with Crippen molar-refractivity contribution < 1.29 is 13.7 Å². The summed E-state index contributed by atoms with van der Waals surface area (Å²) in [5.74, 6) is 1.91. The Bertz CT molecular complexity index is 902. The minimum atomic E-state index is -0.146. The van der Waals surface area contributed by atoms with E-state index >= 15 is 0 Å². The predicted molar refractivity (Wildman–Crippen MR) is 109 cm³/mol. The summed E-state index contributed by atoms with van der Waals surface area (Å²) in [5.41, 5.74) is 2.03. The van der Waals surface area contributed by atoms with Crippen molar-refractivity contribution in [1.29, 1.82) is 0 Å². The maximum Gasteiger partial charge on any atom is 0.276 e. The molecule has 0 fully saturated rings. The fourth-order valence-electron chi connectivity index (χ4n) is 2.65. The average molecular weight is 401 g/mol. The van der Waals surface area contributed by atoms with Gasteiger partial charge in [-0.25, -0.2) is 0 Å². The van der Waals surface area contributed by atoms with Gasteiger partial charge in [-0.15, -0.1) is 10.2 Å². The number of anilines is 2. The molecule has 0 saturated heterocycles. The first-order valence-corrected chi connectivity index (χ1v) is 10.1. The highest BCUT2D eigenvalue weighted by Crippen LogP contribution is 2.25. The standard InChI is InChI=1S/C19H23N5O3S/c1-4-24(5-2)15-8-6-14(7-9-15)18-21-22-19(26-18)28-11-10-17(25)20-16-12-13(3)27-23-16/h6-9,12H,4-5,10-11H2,1-3H3,(H,20,23,25). The van der Waals surface area contributed by atoms with Crippen LogP contribution in [0.5, 0.6) is 0 Å². The van der Waals surface area contributed by atoms with Crippen LogP contribution in [0.3, 0.4) is 0 Å². The van der Waals surface area contributed by atoms with Crippen LogP contribution in [0.15, 0.2) is 44.5 Å². The molecule has 0 spiro atoms. The summed E-state index contributed by atoms with van der Waals surface area (Å²) in [6, 6.07) is 9.72. The molecule has 0 unspecified atom stereocenters. The Labute approximate surface area is 167 Å². The van der Waals surface area contributed by atoms with Gasteiger partial charge < -0.3 is 19.2 Å². The van der Waals surface area contributed by atoms with Gasteiger partial charge in [0, 0.05) is 42.6 Å². The Morgan fingerprint density at radius 2 is 1.93 bits per heavy atom. The van der Waals surface area contributed by atoms with Gasteiger partial charge in [0.25, 0.3) is 5.22 Å². The van der Waals surface area contributed by atoms with Crippen LogP contribution in [0.2, 0.25) is 0 Å². The van der Waals surface area contributed by atoms with Crippen molar-refractivity contribution in [3.63, 3.8) is 0 Å². The van der Waals surface area contributed by atoms with Gasteiger partial charge in [0.1, 0.15) is 5.76 Å². The zero-order chi connectivity index (χ0) is 19.9. The van der Waals surface area contributed by atoms with Gasteiger partial charge in [-0.2, -0.15) is 0 Å². The Morgan fingerprint density at radius 1 is 1.18 bits per heavy atom. The molecule has 2 aromatic heterocycles. The molecule has 28 heavy (non-hydrogen) atoms. The Hall–Kier alpha value is -2.81. The van der Waals surface area contributed by atoms with E-state index in [-0.39, 0.29) is 5.91 Å². The number of hydrogen-bond donors (Lipinski definition) is 1. The van der Waals surface area contributed by atoms with Gasteiger partial charge in [0.2, 0.25) is 11.8 Å². The van der Waals surface area contributed by atoms with Crippen molar-refractivity contribution in [1.82, 2.24) is 15.4 Å². The number of nitrogens with one attached hydrogen (secondary N) is 1. The predicted octanol–water partition coefficient (Wildman–Crippen LogP) is 4.00. The second kappa shape index (κ2) is 9.41. The van der Waals surface area contributed by atoms with Crippen LogP contribution < -0.4 is 10.2 Å². The summed E-state index contributed by atoms with van der Waals surface area (Å²) < 4.78 is 10.6. The Balaban J connectivity index is 1.50. The highest BCUT2D eigenvalue weighted by Gasteiger charge is 2.12. The molecule has 3 aromatic rings. The van der Waals surface area contributed by atoms with Crippen LogP contribution in [0.4, 0.5) is 11.5 Å². The van der Waals surface area contributed by atoms with Gasteiger partial charge in [-0.05, 0) is 45.0 Å². The molecular formula is C19H23N5O3S. The smallest absolute Gasteiger partial charge is 0.276 e. The number of rotatable bonds is 9. The third kappa shape index (κ3) is 5.13. The van der Waals surface area contributed by atoms with Gasteiger partial charge in [0.15, 0.2) is 5.82 Å². The van der Waals surface area contributed by atoms with Gasteiger partial charge in [0.05, 0.1) is 0 Å². The molecule has 0 bridgehead atoms. The van der Waals surface area contributed by atoms with Crippen LogP contribution in [-0.2, 0) is 4.79 Å². The average Bonchev–Trinajstić information content (AvgIpc) is 3.32. The molecular weight excluding hydrogens is 378 g/mol. The third-order valence-corrected chi connectivity index (χ3v) is 4.92. The van der Waals surface area contributed by atoms with Crippen molar-refractivity contribution in [2.45, 2.75) is 32.4 Å². The number of carbonyl (C=O) groups excluding carboxylic acids is 1. The highest BCUT2D eigenvalue weighted by molar-refractivity contribution is 7.99. The normalized spacial score (nSPS) is 10.8. The van der Waals surface area contributed by atoms with E-state index < -0.39 is 0 Å². The molecule has 2 heterocycles. The lowest BCUT2D eigenvalue weighted by molar-refractivity contribution is -0.115. The molecule has 0 aliphatic rings. The molecule has 0 radical (unpaired) electrons. The molecule has 0 atom stereocenters. The van der Waals surface area contributed by atoms with Crippen LogP contribution in [0.1, 0.15) is 26.0 Å². The molecule has 1 N–H and O–H groups in total.